The van der Waals surface area contributed by atoms with Crippen molar-refractivity contribution in [3.8, 4) is 0 Å². The van der Waals surface area contributed by atoms with E-state index in [0.29, 0.717) is 0 Å². The smallest absolute Gasteiger partial charge is 0.332 e. The van der Waals surface area contributed by atoms with Crippen molar-refractivity contribution in [3.63, 3.8) is 0 Å². The number of para-hydroxylation sites is 2. The van der Waals surface area contributed by atoms with Gasteiger partial charge in [0.25, 0.3) is 11.6 Å². The van der Waals surface area contributed by atoms with Gasteiger partial charge in [0, 0.05) is 13.1 Å². The molecule has 2 aromatic rings. The first-order valence-electron chi connectivity index (χ1n) is 7.56. The number of nitro groups is 1. The number of carbonyl (C=O) groups is 2. The SMILES string of the molecule is CN(CC(=O)Nc1ccccc1C(F)(F)F)C(=O)c1ccccc1[N+](=O)[O-]. The maximum atomic E-state index is 13.0. The minimum Gasteiger partial charge on any atom is -0.332 e. The monoisotopic (exact) mass is 381 g/mol. The van der Waals surface area contributed by atoms with Crippen molar-refractivity contribution in [1.29, 1.82) is 0 Å². The molecule has 0 radical (unpaired) electrons. The summed E-state index contributed by atoms with van der Waals surface area (Å²) in [6.45, 7) is -0.586. The number of likely N-dealkylation sites (N-methyl/N-ethyl adjacent to an activating group) is 1. The van der Waals surface area contributed by atoms with Gasteiger partial charge in [-0.3, -0.25) is 19.7 Å². The Bertz CT molecular complexity index is 884. The minimum absolute atomic E-state index is 0.228. The summed E-state index contributed by atoms with van der Waals surface area (Å²) in [5.41, 5.74) is -2.13. The molecule has 0 aromatic heterocycles. The first-order valence-corrected chi connectivity index (χ1v) is 7.56. The average Bonchev–Trinajstić information content (AvgIpc) is 2.60. The predicted molar refractivity (Wildman–Crippen MR) is 90.1 cm³/mol. The van der Waals surface area contributed by atoms with E-state index in [0.717, 1.165) is 23.1 Å². The van der Waals surface area contributed by atoms with Crippen LogP contribution in [0.2, 0.25) is 0 Å². The van der Waals surface area contributed by atoms with E-state index < -0.39 is 46.4 Å². The Kier molecular flexibility index (Phi) is 5.78. The van der Waals surface area contributed by atoms with Crippen LogP contribution < -0.4 is 5.32 Å². The fourth-order valence-corrected chi connectivity index (χ4v) is 2.34. The van der Waals surface area contributed by atoms with Crippen LogP contribution in [-0.2, 0) is 11.0 Å². The van der Waals surface area contributed by atoms with Gasteiger partial charge < -0.3 is 10.2 Å². The first-order chi connectivity index (χ1) is 12.6. The second-order valence-electron chi connectivity index (χ2n) is 5.53. The van der Waals surface area contributed by atoms with E-state index in [9.17, 15) is 32.9 Å². The first kappa shape index (κ1) is 19.9. The molecule has 2 aromatic carbocycles. The number of halogens is 3. The molecule has 0 saturated heterocycles. The zero-order valence-electron chi connectivity index (χ0n) is 14.0. The summed E-state index contributed by atoms with van der Waals surface area (Å²) < 4.78 is 38.9. The molecule has 0 aliphatic rings. The number of nitro benzene ring substituents is 1. The average molecular weight is 381 g/mol. The van der Waals surface area contributed by atoms with Crippen LogP contribution in [0.25, 0.3) is 0 Å². The zero-order valence-corrected chi connectivity index (χ0v) is 14.0. The van der Waals surface area contributed by atoms with Crippen molar-refractivity contribution in [3.05, 3.63) is 69.8 Å². The standard InChI is InChI=1S/C17H14F3N3O4/c1-22(16(25)11-6-2-5-9-14(11)23(26)27)10-15(24)21-13-8-4-3-7-12(13)17(18,19)20/h2-9H,10H2,1H3,(H,21,24). The van der Waals surface area contributed by atoms with Crippen molar-refractivity contribution in [2.24, 2.45) is 0 Å². The van der Waals surface area contributed by atoms with Gasteiger partial charge in [0.05, 0.1) is 22.7 Å². The molecule has 0 aliphatic carbocycles. The van der Waals surface area contributed by atoms with Crippen LogP contribution in [0.1, 0.15) is 15.9 Å². The van der Waals surface area contributed by atoms with E-state index in [-0.39, 0.29) is 5.56 Å². The van der Waals surface area contributed by atoms with Crippen LogP contribution in [-0.4, -0.2) is 35.2 Å². The molecule has 0 atom stereocenters. The number of alkyl halides is 3. The van der Waals surface area contributed by atoms with Gasteiger partial charge in [0.1, 0.15) is 5.56 Å². The molecule has 0 heterocycles. The number of benzene rings is 2. The molecule has 142 valence electrons. The number of hydrogen-bond donors (Lipinski definition) is 1. The highest BCUT2D eigenvalue weighted by molar-refractivity contribution is 6.01. The van der Waals surface area contributed by atoms with Gasteiger partial charge in [0.2, 0.25) is 5.91 Å². The van der Waals surface area contributed by atoms with Gasteiger partial charge in [-0.25, -0.2) is 0 Å². The number of amides is 2. The molecule has 0 bridgehead atoms. The van der Waals surface area contributed by atoms with Crippen molar-refractivity contribution < 1.29 is 27.7 Å². The quantitative estimate of drug-likeness (QED) is 0.635. The van der Waals surface area contributed by atoms with E-state index in [1.54, 1.807) is 0 Å². The minimum atomic E-state index is -4.66. The second-order valence-corrected chi connectivity index (χ2v) is 5.53. The molecule has 0 saturated carbocycles. The van der Waals surface area contributed by atoms with Crippen molar-refractivity contribution in [2.75, 3.05) is 18.9 Å². The zero-order chi connectivity index (χ0) is 20.2. The number of anilines is 1. The van der Waals surface area contributed by atoms with E-state index in [2.05, 4.69) is 5.32 Å². The maximum Gasteiger partial charge on any atom is 0.418 e. The summed E-state index contributed by atoms with van der Waals surface area (Å²) in [6, 6.07) is 9.59. The summed E-state index contributed by atoms with van der Waals surface area (Å²) in [4.78, 5) is 35.5. The highest BCUT2D eigenvalue weighted by Crippen LogP contribution is 2.34. The summed E-state index contributed by atoms with van der Waals surface area (Å²) in [5, 5.41) is 13.1. The predicted octanol–water partition coefficient (Wildman–Crippen LogP) is 3.32. The van der Waals surface area contributed by atoms with Gasteiger partial charge in [-0.15, -0.1) is 0 Å². The summed E-state index contributed by atoms with van der Waals surface area (Å²) in [7, 11) is 1.22. The third-order valence-corrected chi connectivity index (χ3v) is 3.57. The van der Waals surface area contributed by atoms with Gasteiger partial charge in [-0.1, -0.05) is 24.3 Å². The van der Waals surface area contributed by atoms with Crippen LogP contribution in [0.4, 0.5) is 24.5 Å². The lowest BCUT2D eigenvalue weighted by atomic mass is 10.1. The lowest BCUT2D eigenvalue weighted by Gasteiger charge is -2.18. The normalized spacial score (nSPS) is 11.0. The molecule has 2 amide bonds. The Morgan fingerprint density at radius 3 is 2.33 bits per heavy atom. The highest BCUT2D eigenvalue weighted by Gasteiger charge is 2.33. The summed E-state index contributed by atoms with van der Waals surface area (Å²) in [5.74, 6) is -1.68. The van der Waals surface area contributed by atoms with Crippen LogP contribution in [0.3, 0.4) is 0 Å². The molecule has 0 spiro atoms. The molecule has 2 rings (SSSR count). The van der Waals surface area contributed by atoms with Gasteiger partial charge >= 0.3 is 6.18 Å². The van der Waals surface area contributed by atoms with Crippen LogP contribution in [0.15, 0.2) is 48.5 Å². The Morgan fingerprint density at radius 2 is 1.70 bits per heavy atom. The lowest BCUT2D eigenvalue weighted by molar-refractivity contribution is -0.385. The fraction of sp³-hybridized carbons (Fsp3) is 0.176. The van der Waals surface area contributed by atoms with E-state index in [1.165, 1.54) is 37.4 Å². The molecule has 1 N–H and O–H groups in total. The largest absolute Gasteiger partial charge is 0.418 e. The number of nitrogens with zero attached hydrogens (tertiary/aromatic N) is 2. The Labute approximate surface area is 151 Å². The number of rotatable bonds is 5. The Hall–Kier alpha value is -3.43. The summed E-state index contributed by atoms with van der Waals surface area (Å²) >= 11 is 0. The lowest BCUT2D eigenvalue weighted by Crippen LogP contribution is -2.35. The second kappa shape index (κ2) is 7.85. The third-order valence-electron chi connectivity index (χ3n) is 3.57. The number of nitrogens with one attached hydrogen (secondary N) is 1. The molecule has 0 unspecified atom stereocenters. The van der Waals surface area contributed by atoms with Crippen LogP contribution >= 0.6 is 0 Å². The molecule has 7 nitrogen and oxygen atoms in total. The van der Waals surface area contributed by atoms with Gasteiger partial charge in [-0.05, 0) is 18.2 Å². The van der Waals surface area contributed by atoms with E-state index >= 15 is 0 Å². The Morgan fingerprint density at radius 1 is 1.11 bits per heavy atom. The highest BCUT2D eigenvalue weighted by atomic mass is 19.4. The molecule has 0 fully saturated rings. The van der Waals surface area contributed by atoms with E-state index in [1.807, 2.05) is 0 Å². The molecule has 10 heteroatoms. The Balaban J connectivity index is 2.13. The topological polar surface area (TPSA) is 92.6 Å². The van der Waals surface area contributed by atoms with Crippen molar-refractivity contribution >= 4 is 23.2 Å². The van der Waals surface area contributed by atoms with Crippen LogP contribution in [0, 0.1) is 10.1 Å². The van der Waals surface area contributed by atoms with Gasteiger partial charge in [0.15, 0.2) is 0 Å². The van der Waals surface area contributed by atoms with E-state index in [4.69, 9.17) is 0 Å². The van der Waals surface area contributed by atoms with Gasteiger partial charge in [-0.2, -0.15) is 13.2 Å². The van der Waals surface area contributed by atoms with Crippen LogP contribution in [0.5, 0.6) is 0 Å². The molecule has 27 heavy (non-hydrogen) atoms. The number of hydrogen-bond acceptors (Lipinski definition) is 4. The fourth-order valence-electron chi connectivity index (χ4n) is 2.34. The third kappa shape index (κ3) is 4.81. The summed E-state index contributed by atoms with van der Waals surface area (Å²) in [6.07, 6.45) is -4.66. The molecular weight excluding hydrogens is 367 g/mol. The molecule has 0 aliphatic heterocycles. The van der Waals surface area contributed by atoms with Crippen molar-refractivity contribution in [1.82, 2.24) is 4.90 Å². The number of carbonyl (C=O) groups excluding carboxylic acids is 2. The maximum absolute atomic E-state index is 13.0. The molecular formula is C17H14F3N3O4. The van der Waals surface area contributed by atoms with Crippen molar-refractivity contribution in [2.45, 2.75) is 6.18 Å².